The average Bonchev–Trinajstić information content (AvgIpc) is 2.89. The fourth-order valence-electron chi connectivity index (χ4n) is 4.18. The van der Waals surface area contributed by atoms with Crippen molar-refractivity contribution in [1.29, 1.82) is 5.26 Å². The van der Waals surface area contributed by atoms with E-state index >= 15 is 0 Å². The van der Waals surface area contributed by atoms with Gasteiger partial charge < -0.3 is 20.4 Å². The molecule has 0 bridgehead atoms. The highest BCUT2D eigenvalue weighted by atomic mass is 16.2. The van der Waals surface area contributed by atoms with E-state index in [1.807, 2.05) is 56.0 Å². The predicted molar refractivity (Wildman–Crippen MR) is 140 cm³/mol. The Labute approximate surface area is 213 Å². The summed E-state index contributed by atoms with van der Waals surface area (Å²) in [5.41, 5.74) is 3.85. The number of aryl methyl sites for hydroxylation is 1. The number of likely N-dealkylation sites (tertiary alicyclic amines) is 1. The molecular weight excluding hydrogens is 454 g/mol. The zero-order valence-electron chi connectivity index (χ0n) is 21.5. The van der Waals surface area contributed by atoms with E-state index in [2.05, 4.69) is 16.7 Å². The number of hydrogen-bond donors (Lipinski definition) is 2. The van der Waals surface area contributed by atoms with Crippen LogP contribution >= 0.6 is 0 Å². The molecular formula is C28H35N5O3. The number of likely N-dealkylation sites (N-methyl/N-ethyl adjacent to an activating group) is 1. The summed E-state index contributed by atoms with van der Waals surface area (Å²) < 4.78 is 0. The van der Waals surface area contributed by atoms with Crippen molar-refractivity contribution in [3.63, 3.8) is 0 Å². The lowest BCUT2D eigenvalue weighted by Gasteiger charge is -2.32. The molecule has 0 saturated carbocycles. The summed E-state index contributed by atoms with van der Waals surface area (Å²) in [5.74, 6) is 0.171. The summed E-state index contributed by atoms with van der Waals surface area (Å²) in [5, 5.41) is 14.7. The molecule has 190 valence electrons. The fourth-order valence-corrected chi connectivity index (χ4v) is 4.18. The molecule has 2 aromatic rings. The van der Waals surface area contributed by atoms with Crippen LogP contribution in [-0.2, 0) is 4.79 Å². The number of urea groups is 1. The molecule has 1 aliphatic rings. The first-order valence-electron chi connectivity index (χ1n) is 12.4. The molecule has 4 amide bonds. The Kier molecular flexibility index (Phi) is 9.07. The summed E-state index contributed by atoms with van der Waals surface area (Å²) in [6.45, 7) is 7.58. The maximum absolute atomic E-state index is 13.2. The highest BCUT2D eigenvalue weighted by molar-refractivity contribution is 5.97. The van der Waals surface area contributed by atoms with Gasteiger partial charge in [0.2, 0.25) is 5.91 Å². The lowest BCUT2D eigenvalue weighted by molar-refractivity contribution is -0.124. The van der Waals surface area contributed by atoms with E-state index in [9.17, 15) is 14.4 Å². The van der Waals surface area contributed by atoms with Crippen molar-refractivity contribution in [1.82, 2.24) is 15.1 Å². The Morgan fingerprint density at radius 1 is 1.11 bits per heavy atom. The SMILES string of the molecule is Cc1ccc(C(=O)N2CCC(c3ccc(C#N)cc3)CC2)cc1NC(=O)N(C)CCNC(=O)C(C)C. The molecule has 0 aromatic heterocycles. The van der Waals surface area contributed by atoms with Crippen LogP contribution in [0.5, 0.6) is 0 Å². The molecule has 0 atom stereocenters. The van der Waals surface area contributed by atoms with Gasteiger partial charge in [0.25, 0.3) is 5.91 Å². The van der Waals surface area contributed by atoms with Crippen LogP contribution in [0.3, 0.4) is 0 Å². The van der Waals surface area contributed by atoms with Gasteiger partial charge >= 0.3 is 6.03 Å². The number of rotatable bonds is 7. The van der Waals surface area contributed by atoms with Crippen LogP contribution in [0.15, 0.2) is 42.5 Å². The molecule has 36 heavy (non-hydrogen) atoms. The Morgan fingerprint density at radius 2 is 1.78 bits per heavy atom. The van der Waals surface area contributed by atoms with Gasteiger partial charge in [-0.15, -0.1) is 0 Å². The Hall–Kier alpha value is -3.86. The number of hydrogen-bond acceptors (Lipinski definition) is 4. The van der Waals surface area contributed by atoms with Crippen molar-refractivity contribution in [2.75, 3.05) is 38.5 Å². The smallest absolute Gasteiger partial charge is 0.321 e. The molecule has 1 aliphatic heterocycles. The van der Waals surface area contributed by atoms with Gasteiger partial charge in [-0.2, -0.15) is 5.26 Å². The molecule has 0 spiro atoms. The van der Waals surface area contributed by atoms with Crippen LogP contribution in [0, 0.1) is 24.2 Å². The number of piperidine rings is 1. The third-order valence-corrected chi connectivity index (χ3v) is 6.64. The zero-order chi connectivity index (χ0) is 26.2. The van der Waals surface area contributed by atoms with E-state index in [1.165, 1.54) is 10.5 Å². The molecule has 0 aliphatic carbocycles. The molecule has 0 unspecified atom stereocenters. The fraction of sp³-hybridized carbons (Fsp3) is 0.429. The second kappa shape index (κ2) is 12.2. The standard InChI is InChI=1S/C28H35N5O3/c1-19(2)26(34)30-13-16-32(4)28(36)31-25-17-24(8-5-20(25)3)27(35)33-14-11-23(12-15-33)22-9-6-21(18-29)7-10-22/h5-10,17,19,23H,11-16H2,1-4H3,(H,30,34)(H,31,36). The molecule has 1 saturated heterocycles. The molecule has 2 aromatic carbocycles. The van der Waals surface area contributed by atoms with Gasteiger partial charge in [-0.1, -0.05) is 32.0 Å². The molecule has 2 N–H and O–H groups in total. The second-order valence-electron chi connectivity index (χ2n) is 9.63. The van der Waals surface area contributed by atoms with E-state index in [1.54, 1.807) is 19.2 Å². The predicted octanol–water partition coefficient (Wildman–Crippen LogP) is 4.12. The van der Waals surface area contributed by atoms with Crippen LogP contribution in [-0.4, -0.2) is 60.9 Å². The average molecular weight is 490 g/mol. The van der Waals surface area contributed by atoms with Gasteiger partial charge in [0, 0.05) is 50.4 Å². The lowest BCUT2D eigenvalue weighted by atomic mass is 9.89. The Morgan fingerprint density at radius 3 is 2.39 bits per heavy atom. The highest BCUT2D eigenvalue weighted by Crippen LogP contribution is 2.29. The van der Waals surface area contributed by atoms with Crippen molar-refractivity contribution >= 4 is 23.5 Å². The van der Waals surface area contributed by atoms with Gasteiger partial charge in [-0.05, 0) is 61.1 Å². The first kappa shape index (κ1) is 26.7. The summed E-state index contributed by atoms with van der Waals surface area (Å²) in [6, 6.07) is 14.9. The largest absolute Gasteiger partial charge is 0.354 e. The number of benzene rings is 2. The number of nitriles is 1. The minimum atomic E-state index is -0.301. The van der Waals surface area contributed by atoms with Crippen LogP contribution in [0.25, 0.3) is 0 Å². The topological polar surface area (TPSA) is 106 Å². The van der Waals surface area contributed by atoms with Crippen LogP contribution in [0.1, 0.15) is 59.7 Å². The van der Waals surface area contributed by atoms with Gasteiger partial charge in [0.15, 0.2) is 0 Å². The molecule has 3 rings (SSSR count). The maximum atomic E-state index is 13.2. The summed E-state index contributed by atoms with van der Waals surface area (Å²) >= 11 is 0. The van der Waals surface area contributed by atoms with E-state index in [4.69, 9.17) is 5.26 Å². The lowest BCUT2D eigenvalue weighted by Crippen LogP contribution is -2.39. The third-order valence-electron chi connectivity index (χ3n) is 6.64. The van der Waals surface area contributed by atoms with Crippen molar-refractivity contribution in [3.05, 3.63) is 64.7 Å². The highest BCUT2D eigenvalue weighted by Gasteiger charge is 2.25. The second-order valence-corrected chi connectivity index (χ2v) is 9.63. The quantitative estimate of drug-likeness (QED) is 0.610. The summed E-state index contributed by atoms with van der Waals surface area (Å²) in [6.07, 6.45) is 1.73. The molecule has 1 fully saturated rings. The molecule has 8 heteroatoms. The Bertz CT molecular complexity index is 1130. The summed E-state index contributed by atoms with van der Waals surface area (Å²) in [7, 11) is 1.67. The third kappa shape index (κ3) is 6.85. The molecule has 1 heterocycles. The van der Waals surface area contributed by atoms with Crippen molar-refractivity contribution < 1.29 is 14.4 Å². The van der Waals surface area contributed by atoms with Crippen LogP contribution in [0.2, 0.25) is 0 Å². The van der Waals surface area contributed by atoms with Crippen molar-refractivity contribution in [2.24, 2.45) is 5.92 Å². The first-order valence-corrected chi connectivity index (χ1v) is 12.4. The van der Waals surface area contributed by atoms with Crippen molar-refractivity contribution in [2.45, 2.75) is 39.5 Å². The number of nitrogens with zero attached hydrogens (tertiary/aromatic N) is 3. The minimum absolute atomic E-state index is 0.0477. The van der Waals surface area contributed by atoms with E-state index in [0.29, 0.717) is 48.9 Å². The Balaban J connectivity index is 1.56. The van der Waals surface area contributed by atoms with Crippen LogP contribution < -0.4 is 10.6 Å². The summed E-state index contributed by atoms with van der Waals surface area (Å²) in [4.78, 5) is 40.9. The van der Waals surface area contributed by atoms with Gasteiger partial charge in [0.1, 0.15) is 0 Å². The normalized spacial score (nSPS) is 13.7. The van der Waals surface area contributed by atoms with Crippen molar-refractivity contribution in [3.8, 4) is 6.07 Å². The van der Waals surface area contributed by atoms with Gasteiger partial charge in [-0.25, -0.2) is 4.79 Å². The molecule has 8 nitrogen and oxygen atoms in total. The van der Waals surface area contributed by atoms with E-state index in [-0.39, 0.29) is 23.8 Å². The number of nitrogens with one attached hydrogen (secondary N) is 2. The van der Waals surface area contributed by atoms with E-state index in [0.717, 1.165) is 18.4 Å². The number of amides is 4. The minimum Gasteiger partial charge on any atom is -0.354 e. The first-order chi connectivity index (χ1) is 17.2. The van der Waals surface area contributed by atoms with E-state index < -0.39 is 0 Å². The number of carbonyl (C=O) groups is 3. The van der Waals surface area contributed by atoms with Gasteiger partial charge in [-0.3, -0.25) is 9.59 Å². The number of carbonyl (C=O) groups excluding carboxylic acids is 3. The molecule has 0 radical (unpaired) electrons. The van der Waals surface area contributed by atoms with Gasteiger partial charge in [0.05, 0.1) is 11.6 Å². The van der Waals surface area contributed by atoms with Crippen LogP contribution in [0.4, 0.5) is 10.5 Å². The monoisotopic (exact) mass is 489 g/mol. The maximum Gasteiger partial charge on any atom is 0.321 e. The zero-order valence-corrected chi connectivity index (χ0v) is 21.5. The number of anilines is 1.